The minimum atomic E-state index is -0.196. The number of hydrogen-bond acceptors (Lipinski definition) is 4. The first-order chi connectivity index (χ1) is 14.9. The number of nitrogens with zero attached hydrogens (tertiary/aromatic N) is 2. The minimum absolute atomic E-state index is 0.195. The molecule has 0 spiro atoms. The summed E-state index contributed by atoms with van der Waals surface area (Å²) < 4.78 is 2.70. The first-order valence-electron chi connectivity index (χ1n) is 9.51. The molecule has 1 saturated heterocycles. The third-order valence-corrected chi connectivity index (χ3v) is 6.15. The Hall–Kier alpha value is -3.10. The summed E-state index contributed by atoms with van der Waals surface area (Å²) in [6.45, 7) is 3.81. The van der Waals surface area contributed by atoms with Crippen molar-refractivity contribution in [3.63, 3.8) is 0 Å². The largest absolute Gasteiger partial charge is 0.300 e. The molecule has 1 aromatic heterocycles. The van der Waals surface area contributed by atoms with Crippen molar-refractivity contribution in [1.82, 2.24) is 9.99 Å². The molecule has 0 bridgehead atoms. The van der Waals surface area contributed by atoms with E-state index in [2.05, 4.69) is 31.7 Å². The third-order valence-electron chi connectivity index (χ3n) is 4.71. The predicted octanol–water partition coefficient (Wildman–Crippen LogP) is 5.14. The van der Waals surface area contributed by atoms with Gasteiger partial charge < -0.3 is 5.32 Å². The molecule has 1 aliphatic rings. The number of aryl methyl sites for hydroxylation is 1. The highest BCUT2D eigenvalue weighted by Crippen LogP contribution is 2.29. The first-order valence-corrected chi connectivity index (χ1v) is 11.1. The predicted molar refractivity (Wildman–Crippen MR) is 129 cm³/mol. The summed E-state index contributed by atoms with van der Waals surface area (Å²) in [5.74, 6) is -0.391. The van der Waals surface area contributed by atoms with E-state index in [1.807, 2.05) is 68.5 Å². The highest BCUT2D eigenvalue weighted by molar-refractivity contribution is 9.10. The van der Waals surface area contributed by atoms with Gasteiger partial charge in [0.15, 0.2) is 5.17 Å². The molecule has 6 nitrogen and oxygen atoms in total. The zero-order valence-electron chi connectivity index (χ0n) is 16.8. The Kier molecular flexibility index (Phi) is 6.11. The van der Waals surface area contributed by atoms with E-state index in [0.717, 1.165) is 27.1 Å². The Morgan fingerprint density at radius 2 is 1.84 bits per heavy atom. The SMILES string of the molecule is Cc1cc(/C=C2\SC(=Nc3ccc(Br)cc3)NC2=O)c(C)n1NC(=O)c1ccccc1. The van der Waals surface area contributed by atoms with Gasteiger partial charge in [0.25, 0.3) is 11.8 Å². The molecule has 3 aromatic rings. The standard InChI is InChI=1S/C23H19BrN4O2S/c1-14-12-17(15(2)28(14)27-21(29)16-6-4-3-5-7-16)13-20-22(30)26-23(31-20)25-19-10-8-18(24)9-11-19/h3-13H,1-2H3,(H,27,29)(H,25,26,30)/b20-13-. The van der Waals surface area contributed by atoms with Gasteiger partial charge in [0.05, 0.1) is 10.6 Å². The summed E-state index contributed by atoms with van der Waals surface area (Å²) in [7, 11) is 0. The quantitative estimate of drug-likeness (QED) is 0.492. The lowest BCUT2D eigenvalue weighted by molar-refractivity contribution is -0.115. The molecule has 2 heterocycles. The fourth-order valence-corrected chi connectivity index (χ4v) is 4.21. The van der Waals surface area contributed by atoms with Gasteiger partial charge in [-0.05, 0) is 79.7 Å². The maximum absolute atomic E-state index is 12.5. The summed E-state index contributed by atoms with van der Waals surface area (Å²) in [4.78, 5) is 30.0. The number of rotatable bonds is 4. The van der Waals surface area contributed by atoms with Crippen LogP contribution in [0.2, 0.25) is 0 Å². The molecule has 0 atom stereocenters. The van der Waals surface area contributed by atoms with Gasteiger partial charge in [-0.3, -0.25) is 19.7 Å². The Bertz CT molecular complexity index is 1210. The van der Waals surface area contributed by atoms with E-state index in [4.69, 9.17) is 0 Å². The number of carbonyl (C=O) groups excluding carboxylic acids is 2. The number of benzene rings is 2. The van der Waals surface area contributed by atoms with Crippen LogP contribution in [-0.2, 0) is 4.79 Å². The van der Waals surface area contributed by atoms with E-state index in [1.165, 1.54) is 11.8 Å². The molecule has 1 fully saturated rings. The monoisotopic (exact) mass is 494 g/mol. The van der Waals surface area contributed by atoms with E-state index in [0.29, 0.717) is 15.6 Å². The summed E-state index contributed by atoms with van der Waals surface area (Å²) in [6.07, 6.45) is 1.82. The van der Waals surface area contributed by atoms with Crippen molar-refractivity contribution in [2.75, 3.05) is 5.43 Å². The van der Waals surface area contributed by atoms with Gasteiger partial charge >= 0.3 is 0 Å². The first kappa shape index (κ1) is 21.1. The molecule has 2 aromatic carbocycles. The Morgan fingerprint density at radius 3 is 2.55 bits per heavy atom. The molecule has 156 valence electrons. The molecule has 0 aliphatic carbocycles. The minimum Gasteiger partial charge on any atom is -0.300 e. The number of aromatic nitrogens is 1. The fraction of sp³-hybridized carbons (Fsp3) is 0.0870. The summed E-state index contributed by atoms with van der Waals surface area (Å²) in [5.41, 5.74) is 6.80. The Balaban J connectivity index is 1.55. The number of amides is 2. The van der Waals surface area contributed by atoms with Crippen molar-refractivity contribution in [2.24, 2.45) is 4.99 Å². The maximum Gasteiger partial charge on any atom is 0.270 e. The third kappa shape index (κ3) is 4.81. The number of halogens is 1. The average Bonchev–Trinajstić information content (AvgIpc) is 3.23. The van der Waals surface area contributed by atoms with E-state index in [1.54, 1.807) is 16.8 Å². The second kappa shape index (κ2) is 8.95. The van der Waals surface area contributed by atoms with E-state index >= 15 is 0 Å². The van der Waals surface area contributed by atoms with E-state index < -0.39 is 0 Å². The highest BCUT2D eigenvalue weighted by atomic mass is 79.9. The lowest BCUT2D eigenvalue weighted by Crippen LogP contribution is -2.24. The van der Waals surface area contributed by atoms with Gasteiger partial charge in [-0.15, -0.1) is 0 Å². The van der Waals surface area contributed by atoms with E-state index in [-0.39, 0.29) is 11.8 Å². The van der Waals surface area contributed by atoms with Gasteiger partial charge in [0.2, 0.25) is 0 Å². The fourth-order valence-electron chi connectivity index (χ4n) is 3.12. The Labute approximate surface area is 192 Å². The van der Waals surface area contributed by atoms with Crippen LogP contribution in [0.4, 0.5) is 5.69 Å². The molecule has 1 aliphatic heterocycles. The highest BCUT2D eigenvalue weighted by Gasteiger charge is 2.24. The topological polar surface area (TPSA) is 75.5 Å². The lowest BCUT2D eigenvalue weighted by Gasteiger charge is -2.11. The van der Waals surface area contributed by atoms with Crippen LogP contribution < -0.4 is 10.7 Å². The maximum atomic E-state index is 12.5. The molecule has 0 unspecified atom stereocenters. The van der Waals surface area contributed by atoms with Crippen molar-refractivity contribution in [1.29, 1.82) is 0 Å². The van der Waals surface area contributed by atoms with Crippen molar-refractivity contribution >= 4 is 56.4 Å². The van der Waals surface area contributed by atoms with Crippen LogP contribution in [0, 0.1) is 13.8 Å². The molecule has 0 saturated carbocycles. The van der Waals surface area contributed by atoms with Gasteiger partial charge in [-0.1, -0.05) is 34.1 Å². The molecule has 0 radical (unpaired) electrons. The number of hydrogen-bond donors (Lipinski definition) is 2. The Morgan fingerprint density at radius 1 is 1.13 bits per heavy atom. The molecule has 2 N–H and O–H groups in total. The smallest absolute Gasteiger partial charge is 0.270 e. The molecule has 2 amide bonds. The number of thioether (sulfide) groups is 1. The zero-order chi connectivity index (χ0) is 22.0. The molecule has 8 heteroatoms. The summed E-state index contributed by atoms with van der Waals surface area (Å²) in [6, 6.07) is 18.5. The average molecular weight is 495 g/mol. The lowest BCUT2D eigenvalue weighted by atomic mass is 10.2. The van der Waals surface area contributed by atoms with Gasteiger partial charge in [0, 0.05) is 21.4 Å². The molecular formula is C23H19BrN4O2S. The van der Waals surface area contributed by atoms with Gasteiger partial charge in [0.1, 0.15) is 0 Å². The van der Waals surface area contributed by atoms with Crippen LogP contribution in [0.3, 0.4) is 0 Å². The van der Waals surface area contributed by atoms with Crippen LogP contribution in [-0.4, -0.2) is 21.7 Å². The molecule has 4 rings (SSSR count). The van der Waals surface area contributed by atoms with Crippen molar-refractivity contribution in [2.45, 2.75) is 13.8 Å². The number of nitrogens with one attached hydrogen (secondary N) is 2. The van der Waals surface area contributed by atoms with E-state index in [9.17, 15) is 9.59 Å². The zero-order valence-corrected chi connectivity index (χ0v) is 19.3. The van der Waals surface area contributed by atoms with Crippen molar-refractivity contribution in [3.8, 4) is 0 Å². The molecular weight excluding hydrogens is 476 g/mol. The van der Waals surface area contributed by atoms with Crippen LogP contribution in [0.15, 0.2) is 75.0 Å². The number of amidine groups is 1. The summed E-state index contributed by atoms with van der Waals surface area (Å²) >= 11 is 4.69. The van der Waals surface area contributed by atoms with Crippen LogP contribution in [0.1, 0.15) is 27.3 Å². The summed E-state index contributed by atoms with van der Waals surface area (Å²) in [5, 5.41) is 3.33. The van der Waals surface area contributed by atoms with Crippen LogP contribution in [0.25, 0.3) is 6.08 Å². The second-order valence-electron chi connectivity index (χ2n) is 6.93. The molecule has 31 heavy (non-hydrogen) atoms. The normalized spacial score (nSPS) is 16.0. The van der Waals surface area contributed by atoms with Crippen LogP contribution >= 0.6 is 27.7 Å². The van der Waals surface area contributed by atoms with Crippen LogP contribution in [0.5, 0.6) is 0 Å². The van der Waals surface area contributed by atoms with Crippen molar-refractivity contribution < 1.29 is 9.59 Å². The number of carbonyl (C=O) groups is 2. The second-order valence-corrected chi connectivity index (χ2v) is 8.87. The van der Waals surface area contributed by atoms with Crippen molar-refractivity contribution in [3.05, 3.63) is 92.6 Å². The van der Waals surface area contributed by atoms with Gasteiger partial charge in [-0.2, -0.15) is 0 Å². The van der Waals surface area contributed by atoms with Gasteiger partial charge in [-0.25, -0.2) is 4.99 Å². The number of aliphatic imine (C=N–C) groups is 1.